The number of aromatic amines is 2. The first-order valence-electron chi connectivity index (χ1n) is 9.42. The van der Waals surface area contributed by atoms with Gasteiger partial charge < -0.3 is 20.2 Å². The monoisotopic (exact) mass is 371 g/mol. The SMILES string of the molecule is CN1CC=C(c2cnc3ccc(C(=O)Nc4cccc5[nH]ccc45)[nH]c2-3)CC1. The summed E-state index contributed by atoms with van der Waals surface area (Å²) in [7, 11) is 2.12. The first kappa shape index (κ1) is 16.8. The molecular weight excluding hydrogens is 350 g/mol. The van der Waals surface area contributed by atoms with Crippen molar-refractivity contribution in [3.63, 3.8) is 0 Å². The van der Waals surface area contributed by atoms with Crippen LogP contribution in [-0.4, -0.2) is 45.9 Å². The fourth-order valence-electron chi connectivity index (χ4n) is 3.77. The standard InChI is InChI=1S/C22H21N5O/c1-27-11-8-14(9-12-27)16-13-24-19-5-6-20(25-21(16)19)22(28)26-18-4-2-3-17-15(18)7-10-23-17/h2-8,10,13,23,25H,9,11-12H2,1H3,(H,26,28). The smallest absolute Gasteiger partial charge is 0.272 e. The Labute approximate surface area is 162 Å². The zero-order valence-electron chi connectivity index (χ0n) is 15.6. The van der Waals surface area contributed by atoms with E-state index in [2.05, 4.69) is 38.3 Å². The molecule has 28 heavy (non-hydrogen) atoms. The number of nitrogens with zero attached hydrogens (tertiary/aromatic N) is 2. The molecule has 3 aliphatic heterocycles. The summed E-state index contributed by atoms with van der Waals surface area (Å²) in [6, 6.07) is 11.5. The molecule has 0 unspecified atom stereocenters. The fourth-order valence-corrected chi connectivity index (χ4v) is 3.77. The van der Waals surface area contributed by atoms with Gasteiger partial charge in [0.05, 0.1) is 17.1 Å². The van der Waals surface area contributed by atoms with E-state index in [1.54, 1.807) is 6.07 Å². The van der Waals surface area contributed by atoms with E-state index in [4.69, 9.17) is 0 Å². The van der Waals surface area contributed by atoms with Gasteiger partial charge in [-0.25, -0.2) is 0 Å². The van der Waals surface area contributed by atoms with E-state index in [-0.39, 0.29) is 5.91 Å². The zero-order valence-corrected chi connectivity index (χ0v) is 15.6. The normalized spacial score (nSPS) is 15.1. The van der Waals surface area contributed by atoms with Gasteiger partial charge in [-0.1, -0.05) is 12.1 Å². The van der Waals surface area contributed by atoms with Gasteiger partial charge in [0.25, 0.3) is 5.91 Å². The molecule has 3 N–H and O–H groups in total. The van der Waals surface area contributed by atoms with E-state index in [0.717, 1.165) is 53.1 Å². The predicted octanol–water partition coefficient (Wildman–Crippen LogP) is 3.97. The molecule has 0 radical (unpaired) electrons. The van der Waals surface area contributed by atoms with Crippen LogP contribution in [0.2, 0.25) is 0 Å². The van der Waals surface area contributed by atoms with Gasteiger partial charge in [0.15, 0.2) is 0 Å². The number of carbonyl (C=O) groups excluding carboxylic acids is 1. The summed E-state index contributed by atoms with van der Waals surface area (Å²) >= 11 is 0. The maximum Gasteiger partial charge on any atom is 0.272 e. The van der Waals surface area contributed by atoms with Crippen LogP contribution in [0.25, 0.3) is 27.9 Å². The molecular formula is C22H21N5O. The number of hydrogen-bond acceptors (Lipinski definition) is 3. The zero-order chi connectivity index (χ0) is 19.1. The molecule has 2 aromatic rings. The molecule has 4 heterocycles. The number of amides is 1. The van der Waals surface area contributed by atoms with Crippen LogP contribution in [0.3, 0.4) is 0 Å². The van der Waals surface area contributed by atoms with Gasteiger partial charge in [-0.05, 0) is 49.4 Å². The average molecular weight is 371 g/mol. The largest absolute Gasteiger partial charge is 0.361 e. The van der Waals surface area contributed by atoms with Gasteiger partial charge in [-0.3, -0.25) is 9.78 Å². The number of H-pyrrole nitrogens is 2. The number of aromatic nitrogens is 3. The minimum Gasteiger partial charge on any atom is -0.361 e. The highest BCUT2D eigenvalue weighted by Crippen LogP contribution is 2.32. The van der Waals surface area contributed by atoms with Crippen molar-refractivity contribution < 1.29 is 4.79 Å². The quantitative estimate of drug-likeness (QED) is 0.510. The highest BCUT2D eigenvalue weighted by Gasteiger charge is 2.20. The lowest BCUT2D eigenvalue weighted by Crippen LogP contribution is -2.23. The van der Waals surface area contributed by atoms with Crippen molar-refractivity contribution in [3.05, 3.63) is 66.1 Å². The Bertz CT molecular complexity index is 1170. The second kappa shape index (κ2) is 6.65. The van der Waals surface area contributed by atoms with E-state index < -0.39 is 0 Å². The Morgan fingerprint density at radius 2 is 2.14 bits per heavy atom. The number of rotatable bonds is 3. The molecule has 0 aliphatic carbocycles. The fraction of sp³-hybridized carbons (Fsp3) is 0.182. The molecule has 1 amide bonds. The Balaban J connectivity index is 1.47. The number of pyridine rings is 1. The number of nitrogens with one attached hydrogen (secondary N) is 3. The molecule has 0 atom stereocenters. The van der Waals surface area contributed by atoms with Crippen molar-refractivity contribution in [1.29, 1.82) is 0 Å². The number of hydrogen-bond donors (Lipinski definition) is 3. The second-order valence-electron chi connectivity index (χ2n) is 7.24. The Morgan fingerprint density at radius 3 is 3.00 bits per heavy atom. The minimum absolute atomic E-state index is 0.167. The first-order valence-corrected chi connectivity index (χ1v) is 9.42. The number of fused-ring (bicyclic) bond motifs is 2. The highest BCUT2D eigenvalue weighted by molar-refractivity contribution is 6.08. The van der Waals surface area contributed by atoms with Crippen LogP contribution >= 0.6 is 0 Å². The topological polar surface area (TPSA) is 76.8 Å². The molecule has 3 aliphatic rings. The predicted molar refractivity (Wildman–Crippen MR) is 112 cm³/mol. The summed E-state index contributed by atoms with van der Waals surface area (Å²) in [6.45, 7) is 1.96. The van der Waals surface area contributed by atoms with Gasteiger partial charge in [0.1, 0.15) is 5.69 Å². The molecule has 0 spiro atoms. The maximum atomic E-state index is 12.9. The van der Waals surface area contributed by atoms with Crippen molar-refractivity contribution in [2.45, 2.75) is 6.42 Å². The van der Waals surface area contributed by atoms with E-state index in [0.29, 0.717) is 5.69 Å². The Hall–Kier alpha value is -3.38. The molecule has 140 valence electrons. The van der Waals surface area contributed by atoms with Crippen LogP contribution in [0.1, 0.15) is 22.5 Å². The molecule has 5 rings (SSSR count). The van der Waals surface area contributed by atoms with E-state index in [9.17, 15) is 4.79 Å². The second-order valence-corrected chi connectivity index (χ2v) is 7.24. The molecule has 0 saturated carbocycles. The lowest BCUT2D eigenvalue weighted by molar-refractivity contribution is 0.102. The molecule has 1 aromatic heterocycles. The van der Waals surface area contributed by atoms with Gasteiger partial charge in [0.2, 0.25) is 0 Å². The Morgan fingerprint density at radius 1 is 1.21 bits per heavy atom. The van der Waals surface area contributed by atoms with Crippen LogP contribution in [0.4, 0.5) is 5.69 Å². The summed E-state index contributed by atoms with van der Waals surface area (Å²) in [5.41, 5.74) is 6.47. The van der Waals surface area contributed by atoms with Crippen molar-refractivity contribution in [1.82, 2.24) is 19.9 Å². The highest BCUT2D eigenvalue weighted by atomic mass is 16.1. The van der Waals surface area contributed by atoms with Crippen molar-refractivity contribution in [2.75, 3.05) is 25.5 Å². The van der Waals surface area contributed by atoms with E-state index in [1.165, 1.54) is 5.57 Å². The van der Waals surface area contributed by atoms with Gasteiger partial charge in [-0.15, -0.1) is 0 Å². The van der Waals surface area contributed by atoms with E-state index in [1.807, 2.05) is 42.7 Å². The van der Waals surface area contributed by atoms with Crippen LogP contribution < -0.4 is 5.32 Å². The summed E-state index contributed by atoms with van der Waals surface area (Å²) in [6.07, 6.45) is 7.00. The van der Waals surface area contributed by atoms with Gasteiger partial charge in [0, 0.05) is 41.9 Å². The number of anilines is 1. The molecule has 0 fully saturated rings. The van der Waals surface area contributed by atoms with Crippen LogP contribution in [0.5, 0.6) is 0 Å². The number of carbonyl (C=O) groups is 1. The summed E-state index contributed by atoms with van der Waals surface area (Å²) in [4.78, 5) is 26.1. The minimum atomic E-state index is -0.167. The summed E-state index contributed by atoms with van der Waals surface area (Å²) < 4.78 is 0. The molecule has 1 aromatic carbocycles. The summed E-state index contributed by atoms with van der Waals surface area (Å²) in [5.74, 6) is -0.167. The van der Waals surface area contributed by atoms with Crippen LogP contribution in [0.15, 0.2) is 54.9 Å². The van der Waals surface area contributed by atoms with Gasteiger partial charge in [-0.2, -0.15) is 0 Å². The Kier molecular flexibility index (Phi) is 3.98. The van der Waals surface area contributed by atoms with Crippen molar-refractivity contribution in [3.8, 4) is 11.4 Å². The maximum absolute atomic E-state index is 12.9. The third-order valence-corrected chi connectivity index (χ3v) is 5.37. The third kappa shape index (κ3) is 2.88. The third-order valence-electron chi connectivity index (χ3n) is 5.37. The molecule has 6 heteroatoms. The first-order chi connectivity index (χ1) is 13.7. The molecule has 0 bridgehead atoms. The molecule has 6 nitrogen and oxygen atoms in total. The molecule has 0 saturated heterocycles. The van der Waals surface area contributed by atoms with Crippen LogP contribution in [0, 0.1) is 0 Å². The van der Waals surface area contributed by atoms with E-state index >= 15 is 0 Å². The lowest BCUT2D eigenvalue weighted by Gasteiger charge is -2.22. The van der Waals surface area contributed by atoms with Crippen molar-refractivity contribution >= 4 is 28.1 Å². The van der Waals surface area contributed by atoms with Crippen LogP contribution in [-0.2, 0) is 0 Å². The number of benzene rings is 1. The van der Waals surface area contributed by atoms with Gasteiger partial charge >= 0.3 is 0 Å². The number of likely N-dealkylation sites (N-methyl/N-ethyl adjacent to an activating group) is 1. The van der Waals surface area contributed by atoms with Crippen molar-refractivity contribution in [2.24, 2.45) is 0 Å². The lowest BCUT2D eigenvalue weighted by atomic mass is 9.99. The summed E-state index contributed by atoms with van der Waals surface area (Å²) in [5, 5.41) is 4.01. The average Bonchev–Trinajstić information content (AvgIpc) is 3.35.